The van der Waals surface area contributed by atoms with Crippen LogP contribution in [0.5, 0.6) is 23.0 Å². The Morgan fingerprint density at radius 1 is 0.387 bits per heavy atom. The first-order chi connectivity index (χ1) is 55.1. The minimum absolute atomic E-state index is 0. The van der Waals surface area contributed by atoms with Gasteiger partial charge in [0.25, 0.3) is 0 Å². The largest absolute Gasteiger partial charge is 0.508 e. The number of anilines is 5. The number of H-pyrrole nitrogens is 2. The number of nitrogens with zero attached hydrogens (tertiary/aromatic N) is 6. The molecule has 5 aliphatic rings. The lowest BCUT2D eigenvalue weighted by Gasteiger charge is -2.45. The van der Waals surface area contributed by atoms with E-state index in [-0.39, 0.29) is 83.3 Å². The number of amides is 2. The number of hydrogen-bond donors (Lipinski definition) is 7. The van der Waals surface area contributed by atoms with E-state index in [1.54, 1.807) is 30.3 Å². The highest BCUT2D eigenvalue weighted by atomic mass is 35.5. The van der Waals surface area contributed by atoms with Crippen LogP contribution in [0.15, 0.2) is 161 Å². The summed E-state index contributed by atoms with van der Waals surface area (Å²) >= 11 is 37.7. The fourth-order valence-corrected chi connectivity index (χ4v) is 17.1. The third kappa shape index (κ3) is 23.3. The van der Waals surface area contributed by atoms with Gasteiger partial charge in [-0.15, -0.1) is 0 Å². The number of nitrogens with one attached hydrogen (secondary N) is 4. The number of aliphatic hydroxyl groups is 1. The number of aromatic nitrogens is 2. The van der Waals surface area contributed by atoms with E-state index in [9.17, 15) is 24.3 Å². The second kappa shape index (κ2) is 40.8. The first kappa shape index (κ1) is 96.5. The molecule has 9 aromatic rings. The van der Waals surface area contributed by atoms with Crippen molar-refractivity contribution in [3.63, 3.8) is 0 Å². The molecule has 19 nitrogen and oxygen atoms in total. The fourth-order valence-electron chi connectivity index (χ4n) is 15.8. The smallest absolute Gasteiger partial charge is 0.248 e. The van der Waals surface area contributed by atoms with Gasteiger partial charge in [0.15, 0.2) is 0 Å². The summed E-state index contributed by atoms with van der Waals surface area (Å²) < 4.78 is 12.1. The maximum atomic E-state index is 12.7. The van der Waals surface area contributed by atoms with E-state index >= 15 is 0 Å². The minimum atomic E-state index is -0.472. The molecule has 0 spiro atoms. The molecular weight excluding hydrogens is 1630 g/mol. The van der Waals surface area contributed by atoms with Gasteiger partial charge in [-0.1, -0.05) is 170 Å². The number of hydrogen-bond acceptors (Lipinski definition) is 15. The molecule has 0 unspecified atom stereocenters. The number of rotatable bonds is 19. The number of pyridine rings is 2. The Labute approximate surface area is 734 Å². The van der Waals surface area contributed by atoms with Gasteiger partial charge in [-0.3, -0.25) is 33.9 Å². The van der Waals surface area contributed by atoms with Gasteiger partial charge in [-0.25, -0.2) is 0 Å². The molecule has 2 amide bonds. The average molecular weight is 1750 g/mol. The molecule has 0 bridgehead atoms. The Morgan fingerprint density at radius 3 is 1.10 bits per heavy atom. The second-order valence-electron chi connectivity index (χ2n) is 34.8. The number of piperazine rings is 3. The number of aliphatic hydroxyl groups excluding tert-OH is 1. The van der Waals surface area contributed by atoms with Gasteiger partial charge < -0.3 is 60.1 Å². The standard InChI is InChI=1S/C29H39Cl2N3O2.C25H29Cl2N3O2.C16H24Cl2N2O.C13H17NO2.C9H7NO2.2CH4/c1-27(2,34-16-14-33(15-17-34)24-10-7-9-22(30)25(24)31)13-8-18-36-20-11-12-21-23(19-20)32-26(35)29(5,6)28(21,3)4;1-25(2,30-14-12-29(13-15-30)22-6-3-5-20(26)24(22)27)11-4-16-32-19-9-7-18-8-10-23(31)28-21(18)17-19;1-16(2,7-4-12-21)20-10-8-19(9-11-20)14-6-3-5-13(17)15(14)18;1-12(2)9-6-5-8(15)7-10(9)14-11(16)13(12,3)4;11-7-3-1-6-2-4-9(12)10-8(6)5-7;;/h7,9-12,19H,8,13-18H2,1-6H3,(H,32,35);3,5-10,17H,4,11-16H2,1-2H3,(H,28,31);3,5-6,21H,4,7-12H2,1-2H3;5-7,15H,1-4H3,(H,14,16);1-5,11H,(H,10,12);2*1H4. The number of phenolic OH excluding ortho intramolecular Hbond substituents is 2. The maximum Gasteiger partial charge on any atom is 0.248 e. The van der Waals surface area contributed by atoms with Gasteiger partial charge in [-0.05, 0) is 187 Å². The number of phenols is 2. The number of halogens is 6. The molecule has 7 heterocycles. The quantitative estimate of drug-likeness (QED) is 0.0374. The molecule has 0 atom stereocenters. The van der Waals surface area contributed by atoms with Crippen molar-refractivity contribution in [2.75, 3.05) is 124 Å². The fraction of sp³-hybridized carbons (Fsp3) is 0.468. The van der Waals surface area contributed by atoms with E-state index in [0.717, 1.165) is 179 Å². The predicted molar refractivity (Wildman–Crippen MR) is 498 cm³/mol. The summed E-state index contributed by atoms with van der Waals surface area (Å²) in [4.78, 5) is 67.1. The van der Waals surface area contributed by atoms with Gasteiger partial charge in [0.2, 0.25) is 22.9 Å². The van der Waals surface area contributed by atoms with E-state index < -0.39 is 10.8 Å². The summed E-state index contributed by atoms with van der Waals surface area (Å²) in [6.07, 6.45) is 5.85. The van der Waals surface area contributed by atoms with Crippen molar-refractivity contribution < 1.29 is 34.4 Å². The normalized spacial score (nSPS) is 17.0. The Kier molecular flexibility index (Phi) is 33.1. The van der Waals surface area contributed by atoms with Crippen molar-refractivity contribution in [2.24, 2.45) is 10.8 Å². The molecule has 7 aromatic carbocycles. The second-order valence-corrected chi connectivity index (χ2v) is 37.2. The Bertz CT molecular complexity index is 5060. The van der Waals surface area contributed by atoms with E-state index in [4.69, 9.17) is 89.3 Å². The molecule has 0 saturated carbocycles. The molecule has 7 N–H and O–H groups in total. The van der Waals surface area contributed by atoms with Crippen molar-refractivity contribution in [1.29, 1.82) is 0 Å². The monoisotopic (exact) mass is 1750 g/mol. The molecule has 14 rings (SSSR count). The summed E-state index contributed by atoms with van der Waals surface area (Å²) in [5, 5.41) is 39.1. The van der Waals surface area contributed by atoms with Gasteiger partial charge in [0.05, 0.1) is 82.3 Å². The number of aromatic hydroxyl groups is 2. The van der Waals surface area contributed by atoms with Gasteiger partial charge in [-0.2, -0.15) is 0 Å². The summed E-state index contributed by atoms with van der Waals surface area (Å²) in [5.41, 5.74) is 6.90. The molecule has 119 heavy (non-hydrogen) atoms. The molecule has 25 heteroatoms. The van der Waals surface area contributed by atoms with E-state index in [1.807, 2.05) is 125 Å². The van der Waals surface area contributed by atoms with Crippen LogP contribution in [0.2, 0.25) is 30.1 Å². The molecule has 5 aliphatic heterocycles. The van der Waals surface area contributed by atoms with E-state index in [1.165, 1.54) is 18.2 Å². The Balaban J connectivity index is 0.000000194. The van der Waals surface area contributed by atoms with Crippen molar-refractivity contribution in [3.8, 4) is 23.0 Å². The van der Waals surface area contributed by atoms with Gasteiger partial charge in [0, 0.05) is 160 Å². The molecule has 3 fully saturated rings. The Morgan fingerprint density at radius 2 is 0.706 bits per heavy atom. The van der Waals surface area contributed by atoms with Crippen LogP contribution in [0, 0.1) is 10.8 Å². The third-order valence-electron chi connectivity index (χ3n) is 25.1. The predicted octanol–water partition coefficient (Wildman–Crippen LogP) is 21.4. The number of aromatic amines is 2. The van der Waals surface area contributed by atoms with Crippen molar-refractivity contribution in [1.82, 2.24) is 24.7 Å². The zero-order valence-electron chi connectivity index (χ0n) is 70.0. The maximum absolute atomic E-state index is 12.7. The van der Waals surface area contributed by atoms with Crippen LogP contribution in [0.3, 0.4) is 0 Å². The summed E-state index contributed by atoms with van der Waals surface area (Å²) in [5.74, 6) is 1.96. The van der Waals surface area contributed by atoms with Crippen LogP contribution in [0.25, 0.3) is 21.8 Å². The summed E-state index contributed by atoms with van der Waals surface area (Å²) in [6, 6.07) is 45.9. The number of carbonyl (C=O) groups is 2. The lowest BCUT2D eigenvalue weighted by Crippen LogP contribution is -2.54. The van der Waals surface area contributed by atoms with Gasteiger partial charge in [0.1, 0.15) is 23.0 Å². The van der Waals surface area contributed by atoms with Crippen molar-refractivity contribution in [3.05, 3.63) is 214 Å². The van der Waals surface area contributed by atoms with E-state index in [0.29, 0.717) is 54.6 Å². The minimum Gasteiger partial charge on any atom is -0.508 e. The summed E-state index contributed by atoms with van der Waals surface area (Å²) in [6.45, 7) is 43.1. The molecular formula is C94H124Cl6N10O9. The van der Waals surface area contributed by atoms with Crippen LogP contribution in [-0.2, 0) is 20.4 Å². The number of benzene rings is 7. The van der Waals surface area contributed by atoms with Crippen molar-refractivity contribution in [2.45, 2.75) is 178 Å². The average Bonchev–Trinajstić information content (AvgIpc) is 0.739. The first-order valence-electron chi connectivity index (χ1n) is 40.4. The molecule has 646 valence electrons. The SMILES string of the molecule is C.C.CC(C)(CCCO)N1CCN(c2cccc(Cl)c2Cl)CC1.CC(C)(CCCOc1ccc2c(c1)NC(=O)C(C)(C)C2(C)C)N1CCN(c2cccc(Cl)c2Cl)CC1.CC(C)(CCCOc1ccc2ccc(=O)[nH]c2c1)N1CCN(c2cccc(Cl)c2Cl)CC1.CC1(C)C(=O)Nc2cc(O)ccc2C1(C)C.O=c1ccc2ccc(O)cc2[nH]1. The molecule has 0 aliphatic carbocycles. The first-order valence-corrected chi connectivity index (χ1v) is 42.7. The van der Waals surface area contributed by atoms with Crippen LogP contribution < -0.4 is 45.9 Å². The highest BCUT2D eigenvalue weighted by molar-refractivity contribution is 6.45. The lowest BCUT2D eigenvalue weighted by molar-refractivity contribution is -0.128. The highest BCUT2D eigenvalue weighted by Crippen LogP contribution is 2.51. The van der Waals surface area contributed by atoms with Crippen LogP contribution in [0.4, 0.5) is 28.4 Å². The topological polar surface area (TPSA) is 223 Å². The molecule has 2 aromatic heterocycles. The van der Waals surface area contributed by atoms with Crippen LogP contribution in [0.1, 0.15) is 161 Å². The van der Waals surface area contributed by atoms with Crippen LogP contribution >= 0.6 is 69.6 Å². The summed E-state index contributed by atoms with van der Waals surface area (Å²) in [7, 11) is 0. The molecule has 3 saturated heterocycles. The number of ether oxygens (including phenoxy) is 2. The number of fused-ring (bicyclic) bond motifs is 4. The van der Waals surface area contributed by atoms with Crippen molar-refractivity contribution >= 4 is 132 Å². The zero-order chi connectivity index (χ0) is 85.2. The lowest BCUT2D eigenvalue weighted by atomic mass is 9.61. The highest BCUT2D eigenvalue weighted by Gasteiger charge is 2.50. The Hall–Kier alpha value is -7.92. The van der Waals surface area contributed by atoms with E-state index in [2.05, 4.69) is 125 Å². The zero-order valence-corrected chi connectivity index (χ0v) is 74.6. The molecule has 0 radical (unpaired) electrons. The van der Waals surface area contributed by atoms with Gasteiger partial charge >= 0.3 is 0 Å². The van der Waals surface area contributed by atoms with Crippen LogP contribution in [-0.4, -0.2) is 167 Å². The number of carbonyl (C=O) groups excluding carboxylic acids is 2. The third-order valence-corrected chi connectivity index (χ3v) is 27.5.